The molecule has 1 aromatic carbocycles. The molecule has 2 atom stereocenters. The van der Waals surface area contributed by atoms with Crippen LogP contribution in [0.3, 0.4) is 0 Å². The number of benzene rings is 1. The fourth-order valence-corrected chi connectivity index (χ4v) is 3.09. The molecule has 1 saturated heterocycles. The van der Waals surface area contributed by atoms with E-state index in [1.165, 1.54) is 0 Å². The predicted octanol–water partition coefficient (Wildman–Crippen LogP) is 0.512. The Hall–Kier alpha value is -2.45. The maximum Gasteiger partial charge on any atom is 0.247 e. The van der Waals surface area contributed by atoms with Crippen molar-refractivity contribution in [1.82, 2.24) is 19.9 Å². The zero-order chi connectivity index (χ0) is 18.5. The summed E-state index contributed by atoms with van der Waals surface area (Å²) < 4.78 is 6.80. The second-order valence-electron chi connectivity index (χ2n) is 6.53. The summed E-state index contributed by atoms with van der Waals surface area (Å²) in [7, 11) is 1.63. The number of nitrogens with two attached hydrogens (primary N) is 1. The van der Waals surface area contributed by atoms with Gasteiger partial charge in [-0.25, -0.2) is 4.68 Å². The first-order chi connectivity index (χ1) is 12.6. The molecule has 2 heterocycles. The number of methoxy groups -OCH3 is 1. The summed E-state index contributed by atoms with van der Waals surface area (Å²) in [5, 5.41) is 17.8. The number of rotatable bonds is 8. The zero-order valence-corrected chi connectivity index (χ0v) is 14.9. The van der Waals surface area contributed by atoms with E-state index in [-0.39, 0.29) is 18.5 Å². The highest BCUT2D eigenvalue weighted by Gasteiger charge is 2.33. The number of amides is 1. The van der Waals surface area contributed by atoms with Crippen molar-refractivity contribution in [1.29, 1.82) is 0 Å². The van der Waals surface area contributed by atoms with E-state index in [4.69, 9.17) is 10.5 Å². The third-order valence-corrected chi connectivity index (χ3v) is 4.68. The van der Waals surface area contributed by atoms with Gasteiger partial charge in [0, 0.05) is 25.8 Å². The Bertz CT molecular complexity index is 731. The molecule has 1 aliphatic heterocycles. The first-order valence-electron chi connectivity index (χ1n) is 8.81. The largest absolute Gasteiger partial charge is 0.497 e. The lowest BCUT2D eigenvalue weighted by atomic mass is 10.1. The van der Waals surface area contributed by atoms with Crippen molar-refractivity contribution in [2.24, 2.45) is 5.73 Å². The number of aryl methyl sites for hydroxylation is 1. The monoisotopic (exact) mass is 359 g/mol. The maximum absolute atomic E-state index is 12.7. The average molecular weight is 359 g/mol. The van der Waals surface area contributed by atoms with E-state index in [2.05, 4.69) is 10.3 Å². The van der Waals surface area contributed by atoms with Crippen LogP contribution in [0.1, 0.15) is 30.1 Å². The Balaban J connectivity index is 1.59. The smallest absolute Gasteiger partial charge is 0.247 e. The fourth-order valence-electron chi connectivity index (χ4n) is 3.09. The van der Waals surface area contributed by atoms with Crippen LogP contribution in [0.4, 0.5) is 0 Å². The van der Waals surface area contributed by atoms with E-state index in [1.807, 2.05) is 29.2 Å². The number of hydrogen-bond acceptors (Lipinski definition) is 6. The highest BCUT2D eigenvalue weighted by Crippen LogP contribution is 2.25. The molecule has 1 fully saturated rings. The van der Waals surface area contributed by atoms with Crippen LogP contribution in [-0.4, -0.2) is 57.2 Å². The van der Waals surface area contributed by atoms with Crippen LogP contribution in [0.25, 0.3) is 0 Å². The first-order valence-corrected chi connectivity index (χ1v) is 8.81. The van der Waals surface area contributed by atoms with Crippen LogP contribution >= 0.6 is 0 Å². The van der Waals surface area contributed by atoms with Crippen LogP contribution in [0.5, 0.6) is 5.75 Å². The number of nitrogens with zero attached hydrogens (tertiary/aromatic N) is 4. The van der Waals surface area contributed by atoms with Gasteiger partial charge in [-0.3, -0.25) is 4.79 Å². The van der Waals surface area contributed by atoms with Crippen molar-refractivity contribution in [2.45, 2.75) is 38.0 Å². The Morgan fingerprint density at radius 1 is 1.38 bits per heavy atom. The van der Waals surface area contributed by atoms with Gasteiger partial charge in [-0.2, -0.15) is 0 Å². The van der Waals surface area contributed by atoms with Gasteiger partial charge in [0.2, 0.25) is 5.91 Å². The maximum atomic E-state index is 12.7. The van der Waals surface area contributed by atoms with Crippen molar-refractivity contribution < 1.29 is 14.6 Å². The molecular weight excluding hydrogens is 334 g/mol. The number of aromatic nitrogens is 3. The Labute approximate surface area is 152 Å². The van der Waals surface area contributed by atoms with Gasteiger partial charge >= 0.3 is 0 Å². The number of ether oxygens (including phenoxy) is 1. The molecule has 0 radical (unpaired) electrons. The molecule has 0 spiro atoms. The quantitative estimate of drug-likeness (QED) is 0.711. The van der Waals surface area contributed by atoms with E-state index in [0.29, 0.717) is 32.4 Å². The minimum absolute atomic E-state index is 0.0549. The van der Waals surface area contributed by atoms with E-state index in [1.54, 1.807) is 18.0 Å². The standard InChI is InChI=1S/C18H25N5O3/c1-26-16-6-2-13(3-7-16)11-22-9-8-17(18(22)25)23-12-14(20-21-23)4-5-15(24)10-19/h2-3,6-7,12,15,17,24H,4-5,8-11,19H2,1H3. The first kappa shape index (κ1) is 18.3. The van der Waals surface area contributed by atoms with Crippen LogP contribution in [0.2, 0.25) is 0 Å². The molecule has 0 saturated carbocycles. The minimum atomic E-state index is -0.534. The van der Waals surface area contributed by atoms with E-state index in [9.17, 15) is 9.90 Å². The zero-order valence-electron chi connectivity index (χ0n) is 14.9. The number of aliphatic hydroxyl groups is 1. The third-order valence-electron chi connectivity index (χ3n) is 4.68. The number of carbonyl (C=O) groups is 1. The lowest BCUT2D eigenvalue weighted by molar-refractivity contribution is -0.131. The van der Waals surface area contributed by atoms with Crippen LogP contribution in [-0.2, 0) is 17.8 Å². The summed E-state index contributed by atoms with van der Waals surface area (Å²) in [4.78, 5) is 14.6. The second-order valence-corrected chi connectivity index (χ2v) is 6.53. The van der Waals surface area contributed by atoms with Crippen molar-refractivity contribution in [2.75, 3.05) is 20.2 Å². The van der Waals surface area contributed by atoms with E-state index < -0.39 is 6.10 Å². The molecule has 2 unspecified atom stereocenters. The summed E-state index contributed by atoms with van der Waals surface area (Å²) in [6.45, 7) is 1.50. The average Bonchev–Trinajstić information content (AvgIpc) is 3.27. The second kappa shape index (κ2) is 8.29. The normalized spacial score (nSPS) is 18.3. The van der Waals surface area contributed by atoms with Gasteiger partial charge in [-0.15, -0.1) is 5.10 Å². The minimum Gasteiger partial charge on any atom is -0.497 e. The molecule has 1 aliphatic rings. The highest BCUT2D eigenvalue weighted by molar-refractivity contribution is 5.82. The Morgan fingerprint density at radius 2 is 2.15 bits per heavy atom. The van der Waals surface area contributed by atoms with Crippen LogP contribution in [0, 0.1) is 0 Å². The Kier molecular flexibility index (Phi) is 5.85. The van der Waals surface area contributed by atoms with Crippen molar-refractivity contribution in [3.63, 3.8) is 0 Å². The van der Waals surface area contributed by atoms with Crippen molar-refractivity contribution in [3.8, 4) is 5.75 Å². The fraction of sp³-hybridized carbons (Fsp3) is 0.500. The van der Waals surface area contributed by atoms with Crippen LogP contribution in [0.15, 0.2) is 30.5 Å². The van der Waals surface area contributed by atoms with Gasteiger partial charge in [0.15, 0.2) is 0 Å². The van der Waals surface area contributed by atoms with Gasteiger partial charge in [-0.05, 0) is 37.0 Å². The number of likely N-dealkylation sites (tertiary alicyclic amines) is 1. The molecule has 3 rings (SSSR count). The van der Waals surface area contributed by atoms with Gasteiger partial charge in [0.25, 0.3) is 0 Å². The van der Waals surface area contributed by atoms with Crippen molar-refractivity contribution in [3.05, 3.63) is 41.7 Å². The molecule has 1 amide bonds. The van der Waals surface area contributed by atoms with Gasteiger partial charge in [0.05, 0.1) is 18.9 Å². The van der Waals surface area contributed by atoms with Crippen LogP contribution < -0.4 is 10.5 Å². The van der Waals surface area contributed by atoms with E-state index in [0.717, 1.165) is 17.0 Å². The summed E-state index contributed by atoms with van der Waals surface area (Å²) in [5.41, 5.74) is 7.23. The molecule has 0 aliphatic carbocycles. The third kappa shape index (κ3) is 4.20. The highest BCUT2D eigenvalue weighted by atomic mass is 16.5. The molecule has 26 heavy (non-hydrogen) atoms. The molecule has 0 bridgehead atoms. The molecule has 1 aromatic heterocycles. The summed E-state index contributed by atoms with van der Waals surface area (Å²) in [6.07, 6.45) is 3.10. The molecule has 8 nitrogen and oxygen atoms in total. The summed E-state index contributed by atoms with van der Waals surface area (Å²) >= 11 is 0. The molecule has 8 heteroatoms. The van der Waals surface area contributed by atoms with Gasteiger partial charge in [-0.1, -0.05) is 17.3 Å². The number of carbonyl (C=O) groups excluding carboxylic acids is 1. The van der Waals surface area contributed by atoms with Crippen molar-refractivity contribution >= 4 is 5.91 Å². The summed E-state index contributed by atoms with van der Waals surface area (Å²) in [5.74, 6) is 0.855. The molecule has 3 N–H and O–H groups in total. The predicted molar refractivity (Wildman–Crippen MR) is 95.5 cm³/mol. The number of hydrogen-bond donors (Lipinski definition) is 2. The van der Waals surface area contributed by atoms with Gasteiger partial charge in [0.1, 0.15) is 11.8 Å². The SMILES string of the molecule is COc1ccc(CN2CCC(n3cc(CCC(O)CN)nn3)C2=O)cc1. The molecule has 2 aromatic rings. The summed E-state index contributed by atoms with van der Waals surface area (Å²) in [6, 6.07) is 7.42. The van der Waals surface area contributed by atoms with E-state index >= 15 is 0 Å². The topological polar surface area (TPSA) is 106 Å². The van der Waals surface area contributed by atoms with Gasteiger partial charge < -0.3 is 20.5 Å². The molecule has 140 valence electrons. The lowest BCUT2D eigenvalue weighted by Gasteiger charge is -2.17. The lowest BCUT2D eigenvalue weighted by Crippen LogP contribution is -2.28. The number of aliphatic hydroxyl groups excluding tert-OH is 1. The molecular formula is C18H25N5O3. The Morgan fingerprint density at radius 3 is 2.85 bits per heavy atom.